The third-order valence-electron chi connectivity index (χ3n) is 10.0. The zero-order valence-corrected chi connectivity index (χ0v) is 32.8. The molecule has 2 unspecified atom stereocenters. The summed E-state index contributed by atoms with van der Waals surface area (Å²) in [6.45, 7) is 16.7. The van der Waals surface area contributed by atoms with Crippen molar-refractivity contribution in [2.75, 3.05) is 40.3 Å². The van der Waals surface area contributed by atoms with Crippen LogP contribution in [-0.4, -0.2) is 122 Å². The van der Waals surface area contributed by atoms with E-state index in [0.717, 1.165) is 5.56 Å². The van der Waals surface area contributed by atoms with Crippen molar-refractivity contribution in [2.24, 2.45) is 10.8 Å². The van der Waals surface area contributed by atoms with Gasteiger partial charge in [-0.2, -0.15) is 0 Å². The summed E-state index contributed by atoms with van der Waals surface area (Å²) in [4.78, 5) is 81.3. The lowest BCUT2D eigenvalue weighted by Crippen LogP contribution is -2.57. The van der Waals surface area contributed by atoms with E-state index in [0.29, 0.717) is 51.0 Å². The van der Waals surface area contributed by atoms with Crippen LogP contribution in [0, 0.1) is 10.8 Å². The Morgan fingerprint density at radius 2 is 1.12 bits per heavy atom. The van der Waals surface area contributed by atoms with Gasteiger partial charge in [-0.3, -0.25) is 28.8 Å². The zero-order valence-electron chi connectivity index (χ0n) is 32.8. The molecule has 2 aliphatic heterocycles. The number of likely N-dealkylation sites (tertiary alicyclic amines) is 2. The first-order valence-corrected chi connectivity index (χ1v) is 18.5. The molecule has 1 aromatic carbocycles. The van der Waals surface area contributed by atoms with Crippen molar-refractivity contribution in [3.8, 4) is 0 Å². The number of carbonyl (C=O) groups is 6. The van der Waals surface area contributed by atoms with E-state index in [-0.39, 0.29) is 53.9 Å². The second-order valence-corrected chi connectivity index (χ2v) is 16.4. The highest BCUT2D eigenvalue weighted by Crippen LogP contribution is 2.25. The Morgan fingerprint density at radius 3 is 1.52 bits per heavy atom. The van der Waals surface area contributed by atoms with E-state index in [9.17, 15) is 28.8 Å². The first-order valence-electron chi connectivity index (χ1n) is 18.5. The van der Waals surface area contributed by atoms with Gasteiger partial charge in [0.25, 0.3) is 5.91 Å². The van der Waals surface area contributed by atoms with Crippen LogP contribution in [0.1, 0.15) is 90.6 Å². The monoisotopic (exact) mass is 726 g/mol. The van der Waals surface area contributed by atoms with Crippen LogP contribution in [0.5, 0.6) is 0 Å². The van der Waals surface area contributed by atoms with Gasteiger partial charge in [-0.1, -0.05) is 53.7 Å². The van der Waals surface area contributed by atoms with E-state index in [1.54, 1.807) is 49.9 Å². The third-order valence-corrected chi connectivity index (χ3v) is 10.0. The molecule has 2 fully saturated rings. The molecule has 1 aromatic rings. The van der Waals surface area contributed by atoms with Crippen LogP contribution in [0.2, 0.25) is 0 Å². The minimum Gasteiger partial charge on any atom is -0.352 e. The lowest BCUT2D eigenvalue weighted by atomic mass is 9.85. The lowest BCUT2D eigenvalue weighted by Gasteiger charge is -2.34. The summed E-state index contributed by atoms with van der Waals surface area (Å²) in [5, 5.41) is 17.7. The summed E-state index contributed by atoms with van der Waals surface area (Å²) in [6.07, 6.45) is 1.99. The molecule has 14 nitrogen and oxygen atoms in total. The van der Waals surface area contributed by atoms with Crippen molar-refractivity contribution in [3.05, 3.63) is 35.4 Å². The Balaban J connectivity index is 1.46. The van der Waals surface area contributed by atoms with Crippen molar-refractivity contribution in [1.29, 1.82) is 0 Å². The fourth-order valence-electron chi connectivity index (χ4n) is 6.26. The number of hydrogen-bond acceptors (Lipinski definition) is 8. The predicted octanol–water partition coefficient (Wildman–Crippen LogP) is 0.945. The average Bonchev–Trinajstić information content (AvgIpc) is 3.76. The number of carbonyl (C=O) groups excluding carboxylic acids is 6. The fraction of sp³-hybridized carbons (Fsp3) is 0.684. The number of likely N-dealkylation sites (N-methyl/N-ethyl adjacent to an activating group) is 2. The minimum absolute atomic E-state index is 0.116. The molecule has 0 radical (unpaired) electrons. The molecule has 6 N–H and O–H groups in total. The molecule has 0 bridgehead atoms. The average molecular weight is 727 g/mol. The number of nitrogens with zero attached hydrogens (tertiary/aromatic N) is 2. The van der Waals surface area contributed by atoms with Crippen LogP contribution in [0.3, 0.4) is 0 Å². The van der Waals surface area contributed by atoms with Gasteiger partial charge in [0, 0.05) is 50.2 Å². The molecule has 0 aromatic heterocycles. The highest BCUT2D eigenvalue weighted by atomic mass is 16.2. The highest BCUT2D eigenvalue weighted by Gasteiger charge is 2.40. The van der Waals surface area contributed by atoms with Gasteiger partial charge in [-0.05, 0) is 75.7 Å². The molecule has 52 heavy (non-hydrogen) atoms. The first kappa shape index (κ1) is 42.4. The third kappa shape index (κ3) is 11.7. The number of benzene rings is 1. The molecule has 3 rings (SSSR count). The second-order valence-electron chi connectivity index (χ2n) is 16.4. The maximum Gasteiger partial charge on any atom is 0.251 e. The van der Waals surface area contributed by atoms with Gasteiger partial charge in [-0.15, -0.1) is 0 Å². The van der Waals surface area contributed by atoms with E-state index >= 15 is 0 Å². The van der Waals surface area contributed by atoms with Gasteiger partial charge in [0.15, 0.2) is 0 Å². The number of aryl methyl sites for hydroxylation is 1. The standard InChI is InChI=1S/C38H62N8O6/c1-23(39-9)32(48)43-30(37(3,4)5)35(51)45-19-17-27(21-45)41-29(47)16-13-25-11-14-26(15-12-25)34(50)42-28-18-20-46(22-28)36(52)31(38(6,7)8)44-33(49)24(2)40-10/h11-12,14-15,23-24,27-28,30-31,39-40H,13,16-22H2,1-10H3,(H,41,47)(H,42,50)(H,43,48)(H,44,49)/t23-,24-,27-,28-,30?,31?/m0/s1. The number of rotatable bonds is 14. The SMILES string of the molecule is CN[C@@H](C)C(=O)NC(C(=O)N1CC[C@H](NC(=O)CCc2ccc(C(=O)N[C@H]3CCN(C(=O)C(NC(=O)[C@H](C)NC)C(C)(C)C)C3)cc2)C1)C(C)(C)C. The fourth-order valence-corrected chi connectivity index (χ4v) is 6.26. The predicted molar refractivity (Wildman–Crippen MR) is 200 cm³/mol. The van der Waals surface area contributed by atoms with Crippen LogP contribution < -0.4 is 31.9 Å². The van der Waals surface area contributed by atoms with Crippen molar-refractivity contribution < 1.29 is 28.8 Å². The zero-order chi connectivity index (χ0) is 39.0. The number of hydrogen-bond donors (Lipinski definition) is 6. The Labute approximate surface area is 309 Å². The van der Waals surface area contributed by atoms with Crippen LogP contribution in [0.15, 0.2) is 24.3 Å². The normalized spacial score (nSPS) is 20.0. The minimum atomic E-state index is -0.698. The van der Waals surface area contributed by atoms with E-state index in [2.05, 4.69) is 31.9 Å². The molecule has 6 amide bonds. The Hall–Kier alpha value is -4.04. The molecule has 0 saturated carbocycles. The van der Waals surface area contributed by atoms with Gasteiger partial charge >= 0.3 is 0 Å². The van der Waals surface area contributed by atoms with Crippen LogP contribution in [0.4, 0.5) is 0 Å². The number of amides is 6. The van der Waals surface area contributed by atoms with Crippen molar-refractivity contribution >= 4 is 35.4 Å². The van der Waals surface area contributed by atoms with Crippen molar-refractivity contribution in [2.45, 2.75) is 117 Å². The van der Waals surface area contributed by atoms with E-state index in [1.165, 1.54) is 0 Å². The molecule has 290 valence electrons. The molecule has 2 heterocycles. The lowest BCUT2D eigenvalue weighted by molar-refractivity contribution is -0.139. The molecule has 0 spiro atoms. The second kappa shape index (κ2) is 18.1. The van der Waals surface area contributed by atoms with E-state index in [4.69, 9.17) is 0 Å². The molecule has 2 aliphatic rings. The summed E-state index contributed by atoms with van der Waals surface area (Å²) < 4.78 is 0. The summed E-state index contributed by atoms with van der Waals surface area (Å²) >= 11 is 0. The molecule has 0 aliphatic carbocycles. The van der Waals surface area contributed by atoms with E-state index < -0.39 is 35.0 Å². The summed E-state index contributed by atoms with van der Waals surface area (Å²) in [6, 6.07) is 4.50. The first-order chi connectivity index (χ1) is 24.2. The van der Waals surface area contributed by atoms with Crippen LogP contribution in [-0.2, 0) is 30.4 Å². The molecule has 14 heteroatoms. The Morgan fingerprint density at radius 1 is 0.692 bits per heavy atom. The number of nitrogens with one attached hydrogen (secondary N) is 6. The Bertz CT molecular complexity index is 1440. The van der Waals surface area contributed by atoms with Crippen molar-refractivity contribution in [3.63, 3.8) is 0 Å². The van der Waals surface area contributed by atoms with Gasteiger partial charge in [0.2, 0.25) is 29.5 Å². The van der Waals surface area contributed by atoms with Gasteiger partial charge < -0.3 is 41.7 Å². The largest absolute Gasteiger partial charge is 0.352 e. The molecular formula is C38H62N8O6. The molecular weight excluding hydrogens is 664 g/mol. The van der Waals surface area contributed by atoms with Gasteiger partial charge in [-0.25, -0.2) is 0 Å². The van der Waals surface area contributed by atoms with Gasteiger partial charge in [0.1, 0.15) is 12.1 Å². The smallest absolute Gasteiger partial charge is 0.251 e. The Kier molecular flexibility index (Phi) is 14.8. The molecule has 6 atom stereocenters. The topological polar surface area (TPSA) is 181 Å². The quantitative estimate of drug-likeness (QED) is 0.164. The maximum atomic E-state index is 13.5. The van der Waals surface area contributed by atoms with Crippen LogP contribution >= 0.6 is 0 Å². The highest BCUT2D eigenvalue weighted by molar-refractivity contribution is 5.95. The van der Waals surface area contributed by atoms with Crippen molar-refractivity contribution in [1.82, 2.24) is 41.7 Å². The summed E-state index contributed by atoms with van der Waals surface area (Å²) in [5.41, 5.74) is 0.414. The molecule has 2 saturated heterocycles. The summed E-state index contributed by atoms with van der Waals surface area (Å²) in [7, 11) is 3.38. The summed E-state index contributed by atoms with van der Waals surface area (Å²) in [5.74, 6) is -1.16. The van der Waals surface area contributed by atoms with E-state index in [1.807, 2.05) is 53.7 Å². The van der Waals surface area contributed by atoms with Crippen LogP contribution in [0.25, 0.3) is 0 Å². The maximum absolute atomic E-state index is 13.5. The van der Waals surface area contributed by atoms with Gasteiger partial charge in [0.05, 0.1) is 12.1 Å².